The second-order valence-corrected chi connectivity index (χ2v) is 8.70. The second-order valence-electron chi connectivity index (χ2n) is 8.70. The van der Waals surface area contributed by atoms with Gasteiger partial charge in [-0.3, -0.25) is 0 Å². The molecule has 0 radical (unpaired) electrons. The molecule has 0 heterocycles. The molecule has 122 valence electrons. The van der Waals surface area contributed by atoms with Gasteiger partial charge in [-0.1, -0.05) is 33.6 Å². The molecule has 4 saturated carbocycles. The van der Waals surface area contributed by atoms with Crippen LogP contribution in [0.2, 0.25) is 0 Å². The molecule has 4 bridgehead atoms. The Morgan fingerprint density at radius 1 is 0.905 bits per heavy atom. The molecule has 0 aromatic heterocycles. The van der Waals surface area contributed by atoms with Crippen LogP contribution in [-0.2, 0) is 0 Å². The van der Waals surface area contributed by atoms with Gasteiger partial charge in [-0.25, -0.2) is 0 Å². The van der Waals surface area contributed by atoms with Crippen LogP contribution >= 0.6 is 0 Å². The number of nitrogens with one attached hydrogen (secondary N) is 1. The zero-order valence-electron chi connectivity index (χ0n) is 14.6. The summed E-state index contributed by atoms with van der Waals surface area (Å²) in [6.45, 7) is 8.37. The SMILES string of the molecule is CCCNC(CC(C)CCC)C1C2CC3CC(C2)CC1C3. The fourth-order valence-electron chi connectivity index (χ4n) is 6.37. The van der Waals surface area contributed by atoms with Gasteiger partial charge in [-0.05, 0) is 87.0 Å². The minimum Gasteiger partial charge on any atom is -0.314 e. The fraction of sp³-hybridized carbons (Fsp3) is 1.00. The molecule has 0 aromatic carbocycles. The summed E-state index contributed by atoms with van der Waals surface area (Å²) in [7, 11) is 0. The van der Waals surface area contributed by atoms with Gasteiger partial charge < -0.3 is 5.32 Å². The van der Waals surface area contributed by atoms with Crippen LogP contribution in [0, 0.1) is 35.5 Å². The lowest BCUT2D eigenvalue weighted by Gasteiger charge is -2.57. The van der Waals surface area contributed by atoms with Crippen molar-refractivity contribution in [2.45, 2.75) is 84.6 Å². The van der Waals surface area contributed by atoms with Gasteiger partial charge in [0.1, 0.15) is 0 Å². The standard InChI is InChI=1S/C20H37N/c1-4-6-14(3)8-19(21-7-5-2)20-17-10-15-9-16(12-17)13-18(20)11-15/h14-21H,4-13H2,1-3H3. The average Bonchev–Trinajstić information content (AvgIpc) is 2.43. The van der Waals surface area contributed by atoms with E-state index < -0.39 is 0 Å². The van der Waals surface area contributed by atoms with E-state index in [4.69, 9.17) is 0 Å². The van der Waals surface area contributed by atoms with Crippen LogP contribution in [0.25, 0.3) is 0 Å². The maximum atomic E-state index is 3.99. The highest BCUT2D eigenvalue weighted by Crippen LogP contribution is 2.57. The van der Waals surface area contributed by atoms with Crippen LogP contribution in [0.3, 0.4) is 0 Å². The van der Waals surface area contributed by atoms with Gasteiger partial charge in [0.05, 0.1) is 0 Å². The molecule has 1 nitrogen and oxygen atoms in total. The third-order valence-electron chi connectivity index (χ3n) is 6.86. The van der Waals surface area contributed by atoms with E-state index in [-0.39, 0.29) is 0 Å². The Hall–Kier alpha value is -0.0400. The molecule has 0 aliphatic heterocycles. The third kappa shape index (κ3) is 3.49. The molecule has 4 aliphatic carbocycles. The molecule has 2 atom stereocenters. The summed E-state index contributed by atoms with van der Waals surface area (Å²) >= 11 is 0. The van der Waals surface area contributed by atoms with Gasteiger partial charge in [0.2, 0.25) is 0 Å². The Kier molecular flexibility index (Phi) is 5.30. The van der Waals surface area contributed by atoms with Gasteiger partial charge in [0.15, 0.2) is 0 Å². The van der Waals surface area contributed by atoms with E-state index in [0.717, 1.165) is 41.5 Å². The molecule has 21 heavy (non-hydrogen) atoms. The Morgan fingerprint density at radius 2 is 1.52 bits per heavy atom. The van der Waals surface area contributed by atoms with Crippen LogP contribution in [0.4, 0.5) is 0 Å². The smallest absolute Gasteiger partial charge is 0.0103 e. The topological polar surface area (TPSA) is 12.0 Å². The molecule has 2 unspecified atom stereocenters. The van der Waals surface area contributed by atoms with Crippen molar-refractivity contribution in [3.63, 3.8) is 0 Å². The van der Waals surface area contributed by atoms with Crippen molar-refractivity contribution in [3.8, 4) is 0 Å². The van der Waals surface area contributed by atoms with Crippen LogP contribution in [0.1, 0.15) is 78.6 Å². The summed E-state index contributed by atoms with van der Waals surface area (Å²) in [5.41, 5.74) is 0. The molecule has 0 saturated heterocycles. The average molecular weight is 292 g/mol. The molecule has 1 heteroatoms. The Balaban J connectivity index is 1.66. The minimum atomic E-state index is 0.821. The lowest BCUT2D eigenvalue weighted by atomic mass is 9.50. The highest BCUT2D eigenvalue weighted by molar-refractivity contribution is 5.01. The Labute approximate surface area is 132 Å². The predicted molar refractivity (Wildman–Crippen MR) is 91.3 cm³/mol. The van der Waals surface area contributed by atoms with Gasteiger partial charge >= 0.3 is 0 Å². The summed E-state index contributed by atoms with van der Waals surface area (Å²) < 4.78 is 0. The first-order valence-corrected chi connectivity index (χ1v) is 9.94. The molecule has 4 fully saturated rings. The molecule has 0 aromatic rings. The van der Waals surface area contributed by atoms with Crippen molar-refractivity contribution >= 4 is 0 Å². The summed E-state index contributed by atoms with van der Waals surface area (Å²) in [5.74, 6) is 6.30. The molecule has 1 N–H and O–H groups in total. The van der Waals surface area contributed by atoms with Crippen molar-refractivity contribution in [2.75, 3.05) is 6.54 Å². The molecule has 4 aliphatic rings. The van der Waals surface area contributed by atoms with E-state index in [2.05, 4.69) is 26.1 Å². The summed E-state index contributed by atoms with van der Waals surface area (Å²) in [4.78, 5) is 0. The summed E-state index contributed by atoms with van der Waals surface area (Å²) in [6, 6.07) is 0.821. The highest BCUT2D eigenvalue weighted by Gasteiger charge is 2.50. The maximum Gasteiger partial charge on any atom is 0.0103 e. The van der Waals surface area contributed by atoms with Crippen molar-refractivity contribution in [1.29, 1.82) is 0 Å². The van der Waals surface area contributed by atoms with E-state index >= 15 is 0 Å². The van der Waals surface area contributed by atoms with Gasteiger partial charge in [0, 0.05) is 6.04 Å². The Bertz CT molecular complexity index is 296. The van der Waals surface area contributed by atoms with Crippen molar-refractivity contribution < 1.29 is 0 Å². The van der Waals surface area contributed by atoms with Gasteiger partial charge in [0.25, 0.3) is 0 Å². The lowest BCUT2D eigenvalue weighted by Crippen LogP contribution is -2.53. The van der Waals surface area contributed by atoms with E-state index in [0.29, 0.717) is 0 Å². The number of hydrogen-bond acceptors (Lipinski definition) is 1. The van der Waals surface area contributed by atoms with E-state index in [9.17, 15) is 0 Å². The summed E-state index contributed by atoms with van der Waals surface area (Å²) in [5, 5.41) is 3.99. The first-order valence-electron chi connectivity index (χ1n) is 9.94. The first kappa shape index (κ1) is 15.8. The fourth-order valence-corrected chi connectivity index (χ4v) is 6.37. The summed E-state index contributed by atoms with van der Waals surface area (Å²) in [6.07, 6.45) is 13.4. The molecule has 0 spiro atoms. The highest BCUT2D eigenvalue weighted by atomic mass is 14.9. The van der Waals surface area contributed by atoms with E-state index in [1.165, 1.54) is 32.2 Å². The van der Waals surface area contributed by atoms with Gasteiger partial charge in [-0.2, -0.15) is 0 Å². The zero-order chi connectivity index (χ0) is 14.8. The first-order chi connectivity index (χ1) is 10.2. The predicted octanol–water partition coefficient (Wildman–Crippen LogP) is 5.25. The van der Waals surface area contributed by atoms with Crippen molar-refractivity contribution in [3.05, 3.63) is 0 Å². The third-order valence-corrected chi connectivity index (χ3v) is 6.86. The zero-order valence-corrected chi connectivity index (χ0v) is 14.6. The van der Waals surface area contributed by atoms with Crippen LogP contribution in [0.5, 0.6) is 0 Å². The largest absolute Gasteiger partial charge is 0.314 e. The minimum absolute atomic E-state index is 0.821. The van der Waals surface area contributed by atoms with E-state index in [1.54, 1.807) is 32.1 Å². The normalized spacial score (nSPS) is 40.4. The number of hydrogen-bond donors (Lipinski definition) is 1. The quantitative estimate of drug-likeness (QED) is 0.644. The van der Waals surface area contributed by atoms with Crippen LogP contribution in [-0.4, -0.2) is 12.6 Å². The molecule has 4 rings (SSSR count). The maximum absolute atomic E-state index is 3.99. The molecular weight excluding hydrogens is 254 g/mol. The second kappa shape index (κ2) is 7.02. The lowest BCUT2D eigenvalue weighted by molar-refractivity contribution is -0.0547. The number of rotatable bonds is 8. The molecular formula is C20H37N. The van der Waals surface area contributed by atoms with E-state index in [1.807, 2.05) is 0 Å². The van der Waals surface area contributed by atoms with Crippen molar-refractivity contribution in [1.82, 2.24) is 5.32 Å². The Morgan fingerprint density at radius 3 is 2.05 bits per heavy atom. The van der Waals surface area contributed by atoms with Crippen LogP contribution in [0.15, 0.2) is 0 Å². The van der Waals surface area contributed by atoms with Gasteiger partial charge in [-0.15, -0.1) is 0 Å². The van der Waals surface area contributed by atoms with Crippen molar-refractivity contribution in [2.24, 2.45) is 35.5 Å². The van der Waals surface area contributed by atoms with Crippen LogP contribution < -0.4 is 5.32 Å². The molecule has 0 amide bonds. The monoisotopic (exact) mass is 291 g/mol.